The quantitative estimate of drug-likeness (QED) is 0.625. The van der Waals surface area contributed by atoms with Crippen molar-refractivity contribution < 1.29 is 9.53 Å². The van der Waals surface area contributed by atoms with E-state index in [0.717, 1.165) is 25.8 Å². The van der Waals surface area contributed by atoms with Gasteiger partial charge in [0.1, 0.15) is 12.4 Å². The number of carbonyl (C=O) groups is 1. The number of rotatable bonds is 5. The van der Waals surface area contributed by atoms with Gasteiger partial charge in [-0.15, -0.1) is 0 Å². The third kappa shape index (κ3) is 3.07. The number of ether oxygens (including phenoxy) is 1. The van der Waals surface area contributed by atoms with Gasteiger partial charge in [0.2, 0.25) is 0 Å². The van der Waals surface area contributed by atoms with E-state index in [-0.39, 0.29) is 6.10 Å². The maximum atomic E-state index is 10.8. The fourth-order valence-electron chi connectivity index (χ4n) is 2.13. The molecule has 1 aliphatic heterocycles. The summed E-state index contributed by atoms with van der Waals surface area (Å²) in [6.45, 7) is 8.00. The molecule has 1 aliphatic rings. The van der Waals surface area contributed by atoms with Crippen molar-refractivity contribution in [2.75, 3.05) is 26.2 Å². The second kappa shape index (κ2) is 6.14. The Kier molecular flexibility index (Phi) is 5.12. The van der Waals surface area contributed by atoms with Gasteiger partial charge in [0.15, 0.2) is 0 Å². The smallest absolute Gasteiger partial charge is 0.149 e. The second-order valence-electron chi connectivity index (χ2n) is 3.85. The van der Waals surface area contributed by atoms with E-state index in [9.17, 15) is 4.79 Å². The molecule has 0 bridgehead atoms. The lowest BCUT2D eigenvalue weighted by molar-refractivity contribution is -0.122. The first-order valence-electron chi connectivity index (χ1n) is 5.61. The average Bonchev–Trinajstić information content (AvgIpc) is 2.26. The Balaban J connectivity index is 2.44. The lowest BCUT2D eigenvalue weighted by Gasteiger charge is -2.34. The van der Waals surface area contributed by atoms with Crippen LogP contribution >= 0.6 is 0 Å². The molecule has 14 heavy (non-hydrogen) atoms. The van der Waals surface area contributed by atoms with E-state index in [2.05, 4.69) is 11.8 Å². The zero-order valence-electron chi connectivity index (χ0n) is 9.24. The number of carbonyl (C=O) groups excluding carboxylic acids is 1. The number of aldehydes is 1. The van der Waals surface area contributed by atoms with Crippen LogP contribution in [0.4, 0.5) is 0 Å². The van der Waals surface area contributed by atoms with E-state index in [4.69, 9.17) is 4.74 Å². The van der Waals surface area contributed by atoms with Crippen molar-refractivity contribution in [3.8, 4) is 0 Å². The van der Waals surface area contributed by atoms with Crippen LogP contribution in [-0.4, -0.2) is 43.5 Å². The topological polar surface area (TPSA) is 29.5 Å². The van der Waals surface area contributed by atoms with Crippen LogP contribution < -0.4 is 0 Å². The molecule has 0 aromatic carbocycles. The summed E-state index contributed by atoms with van der Waals surface area (Å²) >= 11 is 0. The molecule has 0 aliphatic carbocycles. The molecule has 2 atom stereocenters. The van der Waals surface area contributed by atoms with Gasteiger partial charge in [0.25, 0.3) is 0 Å². The maximum Gasteiger partial charge on any atom is 0.149 e. The highest BCUT2D eigenvalue weighted by Gasteiger charge is 2.26. The van der Waals surface area contributed by atoms with Gasteiger partial charge in [0, 0.05) is 19.1 Å². The molecule has 3 nitrogen and oxygen atoms in total. The zero-order valence-corrected chi connectivity index (χ0v) is 9.24. The van der Waals surface area contributed by atoms with Crippen LogP contribution in [0.5, 0.6) is 0 Å². The van der Waals surface area contributed by atoms with Gasteiger partial charge in [0.05, 0.1) is 0 Å². The lowest BCUT2D eigenvalue weighted by atomic mass is 9.93. The molecule has 3 heteroatoms. The fraction of sp³-hybridized carbons (Fsp3) is 0.909. The Hall–Kier alpha value is -0.410. The Morgan fingerprint density at radius 3 is 2.93 bits per heavy atom. The van der Waals surface area contributed by atoms with Gasteiger partial charge < -0.3 is 14.4 Å². The minimum Gasteiger partial charge on any atom is -0.371 e. The predicted octanol–water partition coefficient (Wildman–Crippen LogP) is 1.32. The molecule has 82 valence electrons. The summed E-state index contributed by atoms with van der Waals surface area (Å²) in [7, 11) is 0. The molecule has 0 radical (unpaired) electrons. The first kappa shape index (κ1) is 11.7. The van der Waals surface area contributed by atoms with Crippen LogP contribution in [0.15, 0.2) is 0 Å². The molecule has 0 saturated carbocycles. The summed E-state index contributed by atoms with van der Waals surface area (Å²) in [5.74, 6) is 0.404. The molecule has 1 saturated heterocycles. The van der Waals surface area contributed by atoms with E-state index >= 15 is 0 Å². The molecule has 0 spiro atoms. The highest BCUT2D eigenvalue weighted by atomic mass is 16.5. The normalized spacial score (nSPS) is 26.0. The molecular formula is C11H21NO2. The molecule has 1 fully saturated rings. The van der Waals surface area contributed by atoms with Crippen LogP contribution in [0.3, 0.4) is 0 Å². The van der Waals surface area contributed by atoms with Crippen molar-refractivity contribution in [1.82, 2.24) is 4.90 Å². The highest BCUT2D eigenvalue weighted by Crippen LogP contribution is 2.20. The Morgan fingerprint density at radius 2 is 2.36 bits per heavy atom. The van der Waals surface area contributed by atoms with Crippen molar-refractivity contribution in [3.05, 3.63) is 0 Å². The van der Waals surface area contributed by atoms with Crippen molar-refractivity contribution in [3.63, 3.8) is 0 Å². The second-order valence-corrected chi connectivity index (χ2v) is 3.85. The summed E-state index contributed by atoms with van der Waals surface area (Å²) in [4.78, 5) is 13.2. The molecule has 2 unspecified atom stereocenters. The van der Waals surface area contributed by atoms with Crippen molar-refractivity contribution >= 4 is 6.29 Å². The van der Waals surface area contributed by atoms with Crippen LogP contribution in [-0.2, 0) is 9.53 Å². The van der Waals surface area contributed by atoms with Gasteiger partial charge in [-0.2, -0.15) is 0 Å². The molecule has 1 heterocycles. The minimum absolute atomic E-state index is 0.186. The van der Waals surface area contributed by atoms with Crippen LogP contribution in [0.2, 0.25) is 0 Å². The van der Waals surface area contributed by atoms with E-state index in [1.54, 1.807) is 0 Å². The van der Waals surface area contributed by atoms with E-state index in [1.165, 1.54) is 13.0 Å². The van der Waals surface area contributed by atoms with Gasteiger partial charge in [-0.05, 0) is 32.9 Å². The number of piperidine rings is 1. The number of hydrogen-bond donors (Lipinski definition) is 0. The number of likely N-dealkylation sites (tertiary alicyclic amines) is 1. The standard InChI is InChI=1S/C11H21NO2/c1-3-12-7-5-6-10(8-12)11(9-13)14-4-2/h9-11H,3-8H2,1-2H3. The summed E-state index contributed by atoms with van der Waals surface area (Å²) in [6.07, 6.45) is 3.10. The van der Waals surface area contributed by atoms with E-state index in [0.29, 0.717) is 12.5 Å². The Labute approximate surface area is 86.4 Å². The number of hydrogen-bond acceptors (Lipinski definition) is 3. The van der Waals surface area contributed by atoms with Gasteiger partial charge in [-0.25, -0.2) is 0 Å². The Morgan fingerprint density at radius 1 is 1.57 bits per heavy atom. The summed E-state index contributed by atoms with van der Waals surface area (Å²) in [5, 5.41) is 0. The number of nitrogens with zero attached hydrogens (tertiary/aromatic N) is 1. The molecular weight excluding hydrogens is 178 g/mol. The average molecular weight is 199 g/mol. The SMILES string of the molecule is CCOC(C=O)C1CCCN(CC)C1. The third-order valence-corrected chi connectivity index (χ3v) is 2.95. The van der Waals surface area contributed by atoms with Crippen molar-refractivity contribution in [2.24, 2.45) is 5.92 Å². The largest absolute Gasteiger partial charge is 0.371 e. The van der Waals surface area contributed by atoms with Gasteiger partial charge in [-0.1, -0.05) is 6.92 Å². The lowest BCUT2D eigenvalue weighted by Crippen LogP contribution is -2.41. The van der Waals surface area contributed by atoms with Crippen LogP contribution in [0, 0.1) is 5.92 Å². The fourth-order valence-corrected chi connectivity index (χ4v) is 2.13. The van der Waals surface area contributed by atoms with Crippen molar-refractivity contribution in [1.29, 1.82) is 0 Å². The van der Waals surface area contributed by atoms with Gasteiger partial charge in [-0.3, -0.25) is 0 Å². The van der Waals surface area contributed by atoms with Crippen LogP contribution in [0.1, 0.15) is 26.7 Å². The Bertz CT molecular complexity index is 173. The predicted molar refractivity (Wildman–Crippen MR) is 56.3 cm³/mol. The first-order chi connectivity index (χ1) is 6.81. The molecule has 0 aromatic rings. The van der Waals surface area contributed by atoms with Crippen molar-refractivity contribution in [2.45, 2.75) is 32.8 Å². The van der Waals surface area contributed by atoms with E-state index in [1.807, 2.05) is 6.92 Å². The highest BCUT2D eigenvalue weighted by molar-refractivity contribution is 5.56. The summed E-state index contributed by atoms with van der Waals surface area (Å²) < 4.78 is 5.43. The summed E-state index contributed by atoms with van der Waals surface area (Å²) in [5.41, 5.74) is 0. The molecule has 0 N–H and O–H groups in total. The third-order valence-electron chi connectivity index (χ3n) is 2.95. The minimum atomic E-state index is -0.186. The first-order valence-corrected chi connectivity index (χ1v) is 5.61. The molecule has 0 amide bonds. The van der Waals surface area contributed by atoms with Crippen LogP contribution in [0.25, 0.3) is 0 Å². The monoisotopic (exact) mass is 199 g/mol. The molecule has 0 aromatic heterocycles. The summed E-state index contributed by atoms with van der Waals surface area (Å²) in [6, 6.07) is 0. The molecule has 1 rings (SSSR count). The maximum absolute atomic E-state index is 10.8. The zero-order chi connectivity index (χ0) is 10.4. The van der Waals surface area contributed by atoms with E-state index < -0.39 is 0 Å². The van der Waals surface area contributed by atoms with Gasteiger partial charge >= 0.3 is 0 Å².